The predicted octanol–water partition coefficient (Wildman–Crippen LogP) is 2.86. The lowest BCUT2D eigenvalue weighted by Crippen LogP contribution is -2.18. The molecule has 0 spiro atoms. The quantitative estimate of drug-likeness (QED) is 0.654. The van der Waals surface area contributed by atoms with Crippen LogP contribution >= 0.6 is 11.3 Å². The lowest BCUT2D eigenvalue weighted by Gasteiger charge is -2.03. The molecule has 0 unspecified atom stereocenters. The van der Waals surface area contributed by atoms with Crippen LogP contribution in [0, 0.1) is 16.0 Å². The van der Waals surface area contributed by atoms with Crippen LogP contribution in [0.4, 0.5) is 5.69 Å². The van der Waals surface area contributed by atoms with Crippen molar-refractivity contribution in [3.05, 3.63) is 39.4 Å². The van der Waals surface area contributed by atoms with Crippen molar-refractivity contribution in [3.63, 3.8) is 0 Å². The molecule has 7 heteroatoms. The second kappa shape index (κ2) is 6.53. The molecule has 20 heavy (non-hydrogen) atoms. The fourth-order valence-electron chi connectivity index (χ4n) is 1.64. The second-order valence-electron chi connectivity index (χ2n) is 4.83. The van der Waals surface area contributed by atoms with Crippen molar-refractivity contribution in [3.8, 4) is 10.6 Å². The highest BCUT2D eigenvalue weighted by Crippen LogP contribution is 2.25. The highest BCUT2D eigenvalue weighted by atomic mass is 32.1. The monoisotopic (exact) mass is 292 g/mol. The molecule has 1 aromatic heterocycles. The SMILES string of the molecule is CC(C)CNCc1nnc(-c2ccc([N+](=O)[O-])cc2)s1. The molecule has 0 aliphatic rings. The summed E-state index contributed by atoms with van der Waals surface area (Å²) in [6, 6.07) is 6.36. The number of nitrogens with one attached hydrogen (secondary N) is 1. The molecule has 2 aromatic rings. The van der Waals surface area contributed by atoms with Gasteiger partial charge in [0.1, 0.15) is 10.0 Å². The van der Waals surface area contributed by atoms with Gasteiger partial charge in [-0.3, -0.25) is 10.1 Å². The number of nitro benzene ring substituents is 1. The zero-order chi connectivity index (χ0) is 14.5. The van der Waals surface area contributed by atoms with Gasteiger partial charge in [0.25, 0.3) is 5.69 Å². The van der Waals surface area contributed by atoms with Crippen LogP contribution in [-0.4, -0.2) is 21.7 Å². The van der Waals surface area contributed by atoms with Crippen molar-refractivity contribution >= 4 is 17.0 Å². The lowest BCUT2D eigenvalue weighted by molar-refractivity contribution is -0.384. The van der Waals surface area contributed by atoms with Crippen molar-refractivity contribution in [1.29, 1.82) is 0 Å². The molecule has 1 aromatic carbocycles. The molecule has 0 aliphatic heterocycles. The van der Waals surface area contributed by atoms with Crippen LogP contribution in [0.3, 0.4) is 0 Å². The van der Waals surface area contributed by atoms with Crippen molar-refractivity contribution in [2.75, 3.05) is 6.54 Å². The van der Waals surface area contributed by atoms with Gasteiger partial charge < -0.3 is 5.32 Å². The number of non-ortho nitro benzene ring substituents is 1. The molecule has 0 fully saturated rings. The Morgan fingerprint density at radius 1 is 1.30 bits per heavy atom. The average molecular weight is 292 g/mol. The third-order valence-corrected chi connectivity index (χ3v) is 3.59. The van der Waals surface area contributed by atoms with E-state index in [4.69, 9.17) is 0 Å². The molecule has 2 rings (SSSR count). The Bertz CT molecular complexity index is 580. The zero-order valence-electron chi connectivity index (χ0n) is 11.4. The first-order valence-corrected chi connectivity index (χ1v) is 7.16. The molecule has 0 radical (unpaired) electrons. The summed E-state index contributed by atoms with van der Waals surface area (Å²) in [5.74, 6) is 0.595. The van der Waals surface area contributed by atoms with Crippen LogP contribution in [0.15, 0.2) is 24.3 Å². The first-order valence-electron chi connectivity index (χ1n) is 6.34. The molecule has 1 N–H and O–H groups in total. The highest BCUT2D eigenvalue weighted by molar-refractivity contribution is 7.14. The third kappa shape index (κ3) is 3.82. The molecule has 0 bridgehead atoms. The van der Waals surface area contributed by atoms with E-state index in [0.29, 0.717) is 12.5 Å². The van der Waals surface area contributed by atoms with Crippen molar-refractivity contribution in [2.45, 2.75) is 20.4 Å². The number of nitro groups is 1. The van der Waals surface area contributed by atoms with Crippen molar-refractivity contribution in [2.24, 2.45) is 5.92 Å². The Balaban J connectivity index is 2.02. The summed E-state index contributed by atoms with van der Waals surface area (Å²) in [7, 11) is 0. The highest BCUT2D eigenvalue weighted by Gasteiger charge is 2.09. The van der Waals surface area contributed by atoms with Crippen LogP contribution in [0.25, 0.3) is 10.6 Å². The largest absolute Gasteiger partial charge is 0.310 e. The first-order chi connectivity index (χ1) is 9.56. The molecule has 1 heterocycles. The summed E-state index contributed by atoms with van der Waals surface area (Å²) < 4.78 is 0. The standard InChI is InChI=1S/C13H16N4O2S/c1-9(2)7-14-8-12-15-16-13(20-12)10-3-5-11(6-4-10)17(18)19/h3-6,9,14H,7-8H2,1-2H3. The molecule has 0 amide bonds. The van der Waals surface area contributed by atoms with Crippen LogP contribution in [0.5, 0.6) is 0 Å². The smallest absolute Gasteiger partial charge is 0.269 e. The Kier molecular flexibility index (Phi) is 4.75. The Morgan fingerprint density at radius 3 is 2.60 bits per heavy atom. The Morgan fingerprint density at radius 2 is 2.00 bits per heavy atom. The van der Waals surface area contributed by atoms with Gasteiger partial charge in [0.05, 0.1) is 4.92 Å². The Hall–Kier alpha value is -1.86. The number of benzene rings is 1. The number of nitrogens with zero attached hydrogens (tertiary/aromatic N) is 3. The van der Waals surface area contributed by atoms with Crippen LogP contribution < -0.4 is 5.32 Å². The molecular weight excluding hydrogens is 276 g/mol. The van der Waals surface area contributed by atoms with Crippen LogP contribution in [-0.2, 0) is 6.54 Å². The molecule has 0 atom stereocenters. The maximum Gasteiger partial charge on any atom is 0.269 e. The van der Waals surface area contributed by atoms with E-state index in [1.165, 1.54) is 23.5 Å². The summed E-state index contributed by atoms with van der Waals surface area (Å²) in [5.41, 5.74) is 0.931. The number of rotatable bonds is 6. The predicted molar refractivity (Wildman–Crippen MR) is 78.5 cm³/mol. The van der Waals surface area contributed by atoms with Gasteiger partial charge in [0.15, 0.2) is 0 Å². The topological polar surface area (TPSA) is 81.0 Å². The molecule has 6 nitrogen and oxygen atoms in total. The second-order valence-corrected chi connectivity index (χ2v) is 5.89. The molecular formula is C13H16N4O2S. The third-order valence-electron chi connectivity index (χ3n) is 2.62. The summed E-state index contributed by atoms with van der Waals surface area (Å²) in [5, 5.41) is 23.8. The normalized spacial score (nSPS) is 10.9. The average Bonchev–Trinajstić information content (AvgIpc) is 2.87. The van der Waals surface area contributed by atoms with E-state index < -0.39 is 4.92 Å². The fourth-order valence-corrected chi connectivity index (χ4v) is 2.45. The summed E-state index contributed by atoms with van der Waals surface area (Å²) in [6.07, 6.45) is 0. The first kappa shape index (κ1) is 14.5. The van der Waals surface area contributed by atoms with Crippen LogP contribution in [0.1, 0.15) is 18.9 Å². The van der Waals surface area contributed by atoms with Gasteiger partial charge in [0.2, 0.25) is 0 Å². The number of aromatic nitrogens is 2. The maximum absolute atomic E-state index is 10.6. The zero-order valence-corrected chi connectivity index (χ0v) is 12.2. The van der Waals surface area contributed by atoms with E-state index in [1.807, 2.05) is 0 Å². The molecule has 0 saturated carbocycles. The fraction of sp³-hybridized carbons (Fsp3) is 0.385. The molecule has 0 saturated heterocycles. The van der Waals surface area contributed by atoms with Gasteiger partial charge in [-0.1, -0.05) is 25.2 Å². The lowest BCUT2D eigenvalue weighted by atomic mass is 10.2. The summed E-state index contributed by atoms with van der Waals surface area (Å²) in [6.45, 7) is 5.93. The van der Waals surface area contributed by atoms with E-state index >= 15 is 0 Å². The van der Waals surface area contributed by atoms with Crippen molar-refractivity contribution in [1.82, 2.24) is 15.5 Å². The van der Waals surface area contributed by atoms with Gasteiger partial charge in [-0.25, -0.2) is 0 Å². The van der Waals surface area contributed by atoms with Crippen LogP contribution in [0.2, 0.25) is 0 Å². The van der Waals surface area contributed by atoms with E-state index in [9.17, 15) is 10.1 Å². The maximum atomic E-state index is 10.6. The molecule has 0 aliphatic carbocycles. The summed E-state index contributed by atoms with van der Waals surface area (Å²) >= 11 is 1.50. The van der Waals surface area contributed by atoms with E-state index in [1.54, 1.807) is 12.1 Å². The van der Waals surface area contributed by atoms with Crippen molar-refractivity contribution < 1.29 is 4.92 Å². The minimum absolute atomic E-state index is 0.0806. The molecule has 106 valence electrons. The Labute approximate surface area is 121 Å². The van der Waals surface area contributed by atoms with E-state index in [-0.39, 0.29) is 5.69 Å². The van der Waals surface area contributed by atoms with E-state index in [0.717, 1.165) is 22.1 Å². The van der Waals surface area contributed by atoms with Gasteiger partial charge in [-0.2, -0.15) is 0 Å². The van der Waals surface area contributed by atoms with Gasteiger partial charge in [-0.15, -0.1) is 10.2 Å². The minimum atomic E-state index is -0.412. The van der Waals surface area contributed by atoms with Gasteiger partial charge in [-0.05, 0) is 24.6 Å². The van der Waals surface area contributed by atoms with Gasteiger partial charge in [0, 0.05) is 24.2 Å². The minimum Gasteiger partial charge on any atom is -0.310 e. The van der Waals surface area contributed by atoms with Gasteiger partial charge >= 0.3 is 0 Å². The summed E-state index contributed by atoms with van der Waals surface area (Å²) in [4.78, 5) is 10.2. The van der Waals surface area contributed by atoms with E-state index in [2.05, 4.69) is 29.4 Å². The number of hydrogen-bond donors (Lipinski definition) is 1. The number of hydrogen-bond acceptors (Lipinski definition) is 6.